The smallest absolute Gasteiger partial charge is 0.244 e. The van der Waals surface area contributed by atoms with Crippen LogP contribution in [0.2, 0.25) is 0 Å². The molecule has 0 aliphatic carbocycles. The number of hydrogen-bond donors (Lipinski definition) is 1. The molecule has 1 aromatic rings. The van der Waals surface area contributed by atoms with Crippen molar-refractivity contribution in [2.75, 3.05) is 25.4 Å². The summed E-state index contributed by atoms with van der Waals surface area (Å²) in [5.41, 5.74) is 1.28. The lowest BCUT2D eigenvalue weighted by Crippen LogP contribution is -2.37. The van der Waals surface area contributed by atoms with Gasteiger partial charge in [-0.25, -0.2) is 0 Å². The lowest BCUT2D eigenvalue weighted by molar-refractivity contribution is -0.130. The zero-order valence-electron chi connectivity index (χ0n) is 12.1. The molecule has 2 aliphatic heterocycles. The van der Waals surface area contributed by atoms with Crippen LogP contribution in [0.5, 0.6) is 0 Å². The van der Waals surface area contributed by atoms with Crippen molar-refractivity contribution in [3.63, 3.8) is 0 Å². The minimum absolute atomic E-state index is 0.160. The number of rotatable bonds is 3. The van der Waals surface area contributed by atoms with E-state index >= 15 is 0 Å². The Morgan fingerprint density at radius 1 is 1.24 bits per heavy atom. The number of nitrogens with one attached hydrogen (secondary N) is 1. The van der Waals surface area contributed by atoms with E-state index in [0.717, 1.165) is 36.9 Å². The second-order valence-electron chi connectivity index (χ2n) is 5.48. The van der Waals surface area contributed by atoms with Crippen molar-refractivity contribution >= 4 is 22.8 Å². The van der Waals surface area contributed by atoms with Gasteiger partial charge in [0.25, 0.3) is 0 Å². The number of amidine groups is 1. The van der Waals surface area contributed by atoms with Gasteiger partial charge in [0.2, 0.25) is 5.91 Å². The van der Waals surface area contributed by atoms with Gasteiger partial charge >= 0.3 is 0 Å². The molecule has 0 bridgehead atoms. The molecule has 1 aromatic carbocycles. The monoisotopic (exact) mass is 303 g/mol. The Bertz CT molecular complexity index is 512. The summed E-state index contributed by atoms with van der Waals surface area (Å²) in [4.78, 5) is 18.5. The van der Waals surface area contributed by atoms with E-state index in [1.165, 1.54) is 12.0 Å². The summed E-state index contributed by atoms with van der Waals surface area (Å²) < 4.78 is 0. The summed E-state index contributed by atoms with van der Waals surface area (Å²) in [6.07, 6.45) is 3.51. The Kier molecular flexibility index (Phi) is 4.80. The second-order valence-corrected chi connectivity index (χ2v) is 6.49. The van der Waals surface area contributed by atoms with Crippen LogP contribution in [0.4, 0.5) is 0 Å². The molecule has 2 fully saturated rings. The number of aliphatic imine (C=N–C) groups is 1. The van der Waals surface area contributed by atoms with Gasteiger partial charge in [0.15, 0.2) is 5.17 Å². The van der Waals surface area contributed by atoms with E-state index in [1.807, 2.05) is 11.0 Å². The Morgan fingerprint density at radius 2 is 2.00 bits per heavy atom. The molecule has 0 aromatic heterocycles. The fourth-order valence-electron chi connectivity index (χ4n) is 2.73. The Hall–Kier alpha value is -1.49. The minimum Gasteiger partial charge on any atom is -0.357 e. The first-order valence-electron chi connectivity index (χ1n) is 7.59. The summed E-state index contributed by atoms with van der Waals surface area (Å²) in [6, 6.07) is 10.7. The van der Waals surface area contributed by atoms with Gasteiger partial charge in [0, 0.05) is 18.8 Å². The average Bonchev–Trinajstić information content (AvgIpc) is 3.03. The van der Waals surface area contributed by atoms with Gasteiger partial charge in [-0.05, 0) is 24.8 Å². The van der Waals surface area contributed by atoms with Crippen molar-refractivity contribution in [3.8, 4) is 0 Å². The van der Waals surface area contributed by atoms with Crippen LogP contribution in [0, 0.1) is 0 Å². The summed E-state index contributed by atoms with van der Waals surface area (Å²) in [6.45, 7) is 2.07. The Labute approximate surface area is 130 Å². The quantitative estimate of drug-likeness (QED) is 0.933. The van der Waals surface area contributed by atoms with Crippen molar-refractivity contribution in [1.82, 2.24) is 10.2 Å². The highest BCUT2D eigenvalue weighted by atomic mass is 32.2. The summed E-state index contributed by atoms with van der Waals surface area (Å²) in [5, 5.41) is 4.31. The predicted octanol–water partition coefficient (Wildman–Crippen LogP) is 2.43. The van der Waals surface area contributed by atoms with Gasteiger partial charge in [-0.15, -0.1) is 0 Å². The van der Waals surface area contributed by atoms with Crippen molar-refractivity contribution in [1.29, 1.82) is 0 Å². The van der Waals surface area contributed by atoms with Gasteiger partial charge in [-0.3, -0.25) is 9.79 Å². The van der Waals surface area contributed by atoms with E-state index in [9.17, 15) is 4.79 Å². The molecule has 3 rings (SSSR count). The zero-order chi connectivity index (χ0) is 14.5. The molecule has 2 aliphatic rings. The summed E-state index contributed by atoms with van der Waals surface area (Å²) in [5.74, 6) is 1.13. The number of amides is 1. The number of piperidine rings is 1. The van der Waals surface area contributed by atoms with Crippen molar-refractivity contribution in [3.05, 3.63) is 35.9 Å². The second kappa shape index (κ2) is 6.98. The molecule has 1 atom stereocenters. The SMILES string of the molecule is O=C(CN=C1NC(c2ccccc2)CS1)N1CCCCC1. The van der Waals surface area contributed by atoms with Crippen LogP contribution in [-0.4, -0.2) is 41.4 Å². The molecule has 0 radical (unpaired) electrons. The standard InChI is InChI=1S/C16H21N3OS/c20-15(19-9-5-2-6-10-19)11-17-16-18-14(12-21-16)13-7-3-1-4-8-13/h1,3-4,7-8,14H,2,5-6,9-12H2,(H,17,18). The van der Waals surface area contributed by atoms with Crippen LogP contribution in [0.15, 0.2) is 35.3 Å². The third-order valence-electron chi connectivity index (χ3n) is 3.95. The molecule has 1 N–H and O–H groups in total. The Balaban J connectivity index is 1.52. The fourth-order valence-corrected chi connectivity index (χ4v) is 3.72. The average molecular weight is 303 g/mol. The van der Waals surface area contributed by atoms with Crippen LogP contribution in [-0.2, 0) is 4.79 Å². The third-order valence-corrected chi connectivity index (χ3v) is 4.97. The van der Waals surface area contributed by atoms with Crippen LogP contribution in [0.1, 0.15) is 30.9 Å². The molecule has 5 heteroatoms. The van der Waals surface area contributed by atoms with Gasteiger partial charge in [0.05, 0.1) is 6.04 Å². The Morgan fingerprint density at radius 3 is 2.76 bits per heavy atom. The minimum atomic E-state index is 0.160. The molecular weight excluding hydrogens is 282 g/mol. The highest BCUT2D eigenvalue weighted by Crippen LogP contribution is 2.25. The molecule has 1 unspecified atom stereocenters. The van der Waals surface area contributed by atoms with Crippen molar-refractivity contribution < 1.29 is 4.79 Å². The zero-order valence-corrected chi connectivity index (χ0v) is 12.9. The summed E-state index contributed by atoms with van der Waals surface area (Å²) in [7, 11) is 0. The highest BCUT2D eigenvalue weighted by Gasteiger charge is 2.22. The van der Waals surface area contributed by atoms with E-state index in [4.69, 9.17) is 0 Å². The van der Waals surface area contributed by atoms with Crippen molar-refractivity contribution in [2.24, 2.45) is 4.99 Å². The van der Waals surface area contributed by atoms with Crippen LogP contribution >= 0.6 is 11.8 Å². The first kappa shape index (κ1) is 14.4. The number of benzene rings is 1. The predicted molar refractivity (Wildman–Crippen MR) is 87.5 cm³/mol. The maximum atomic E-state index is 12.1. The van der Waals surface area contributed by atoms with E-state index in [0.29, 0.717) is 6.04 Å². The molecule has 21 heavy (non-hydrogen) atoms. The lowest BCUT2D eigenvalue weighted by Gasteiger charge is -2.26. The molecule has 1 amide bonds. The van der Waals surface area contributed by atoms with Crippen LogP contribution in [0.25, 0.3) is 0 Å². The number of nitrogens with zero attached hydrogens (tertiary/aromatic N) is 2. The van der Waals surface area contributed by atoms with Gasteiger partial charge in [-0.2, -0.15) is 0 Å². The molecule has 2 saturated heterocycles. The largest absolute Gasteiger partial charge is 0.357 e. The molecule has 0 spiro atoms. The third kappa shape index (κ3) is 3.79. The first-order chi connectivity index (χ1) is 10.3. The van der Waals surface area contributed by atoms with E-state index in [1.54, 1.807) is 11.8 Å². The van der Waals surface area contributed by atoms with Gasteiger partial charge in [0.1, 0.15) is 6.54 Å². The fraction of sp³-hybridized carbons (Fsp3) is 0.500. The number of carbonyl (C=O) groups excluding carboxylic acids is 1. The maximum absolute atomic E-state index is 12.1. The van der Waals surface area contributed by atoms with E-state index < -0.39 is 0 Å². The van der Waals surface area contributed by atoms with Crippen LogP contribution in [0.3, 0.4) is 0 Å². The lowest BCUT2D eigenvalue weighted by atomic mass is 10.1. The molecular formula is C16H21N3OS. The normalized spacial score (nSPS) is 24.1. The first-order valence-corrected chi connectivity index (χ1v) is 8.58. The number of thioether (sulfide) groups is 1. The molecule has 4 nitrogen and oxygen atoms in total. The molecule has 2 heterocycles. The highest BCUT2D eigenvalue weighted by molar-refractivity contribution is 8.14. The van der Waals surface area contributed by atoms with Gasteiger partial charge < -0.3 is 10.2 Å². The van der Waals surface area contributed by atoms with E-state index in [-0.39, 0.29) is 12.5 Å². The van der Waals surface area contributed by atoms with Crippen LogP contribution < -0.4 is 5.32 Å². The number of carbonyl (C=O) groups is 1. The molecule has 0 saturated carbocycles. The van der Waals surface area contributed by atoms with Crippen molar-refractivity contribution in [2.45, 2.75) is 25.3 Å². The number of likely N-dealkylation sites (tertiary alicyclic amines) is 1. The van der Waals surface area contributed by atoms with Gasteiger partial charge in [-0.1, -0.05) is 42.1 Å². The van der Waals surface area contributed by atoms with E-state index in [2.05, 4.69) is 34.6 Å². The maximum Gasteiger partial charge on any atom is 0.244 e. The summed E-state index contributed by atoms with van der Waals surface area (Å²) >= 11 is 1.70. The molecule has 112 valence electrons. The topological polar surface area (TPSA) is 44.7 Å². The number of hydrogen-bond acceptors (Lipinski definition) is 3.